The van der Waals surface area contributed by atoms with Crippen LogP contribution in [0.2, 0.25) is 0 Å². The number of hydrogen-bond donors (Lipinski definition) is 2. The maximum atomic E-state index is 7.07. The van der Waals surface area contributed by atoms with Gasteiger partial charge < -0.3 is 10.3 Å². The summed E-state index contributed by atoms with van der Waals surface area (Å²) < 4.78 is 0. The van der Waals surface area contributed by atoms with Crippen molar-refractivity contribution >= 4 is 5.69 Å². The number of rotatable bonds is 5. The molecular weight excluding hydrogens is 284 g/mol. The lowest BCUT2D eigenvalue weighted by Crippen LogP contribution is -2.19. The molecule has 0 amide bonds. The van der Waals surface area contributed by atoms with Crippen LogP contribution in [0.1, 0.15) is 24.4 Å². The second-order valence-electron chi connectivity index (χ2n) is 5.43. The maximum Gasteiger partial charge on any atom is 0.187 e. The van der Waals surface area contributed by atoms with Gasteiger partial charge in [0, 0.05) is 6.54 Å². The molecule has 0 spiro atoms. The summed E-state index contributed by atoms with van der Waals surface area (Å²) in [6, 6.07) is 17.9. The minimum absolute atomic E-state index is 0.101. The fraction of sp³-hybridized carbons (Fsp3) is 0.158. The van der Waals surface area contributed by atoms with Crippen molar-refractivity contribution in [1.29, 1.82) is 0 Å². The Hall–Kier alpha value is -2.90. The third-order valence-corrected chi connectivity index (χ3v) is 3.74. The van der Waals surface area contributed by atoms with Crippen LogP contribution in [0.4, 0.5) is 5.69 Å². The molecule has 114 valence electrons. The Bertz CT molecular complexity index is 815. The normalized spacial score (nSPS) is 11.8. The highest BCUT2D eigenvalue weighted by Crippen LogP contribution is 2.19. The van der Waals surface area contributed by atoms with Gasteiger partial charge in [-0.2, -0.15) is 0 Å². The van der Waals surface area contributed by atoms with E-state index in [2.05, 4.69) is 39.2 Å². The van der Waals surface area contributed by atoms with Crippen LogP contribution in [0.25, 0.3) is 16.1 Å². The molecule has 0 saturated carbocycles. The van der Waals surface area contributed by atoms with Crippen LogP contribution in [-0.4, -0.2) is 9.97 Å². The van der Waals surface area contributed by atoms with Gasteiger partial charge in [0.05, 0.1) is 24.5 Å². The molecule has 3 rings (SSSR count). The van der Waals surface area contributed by atoms with Crippen molar-refractivity contribution in [3.05, 3.63) is 83.6 Å². The summed E-state index contributed by atoms with van der Waals surface area (Å²) in [5.74, 6) is 0.908. The summed E-state index contributed by atoms with van der Waals surface area (Å²) in [4.78, 5) is 11.3. The van der Waals surface area contributed by atoms with Crippen LogP contribution >= 0.6 is 0 Å². The van der Waals surface area contributed by atoms with Crippen LogP contribution in [-0.2, 0) is 6.54 Å². The van der Waals surface area contributed by atoms with Gasteiger partial charge in [0.15, 0.2) is 5.69 Å². The second-order valence-corrected chi connectivity index (χ2v) is 5.43. The predicted octanol–water partition coefficient (Wildman–Crippen LogP) is 4.48. The van der Waals surface area contributed by atoms with Crippen molar-refractivity contribution in [3.8, 4) is 11.3 Å². The molecule has 23 heavy (non-hydrogen) atoms. The highest BCUT2D eigenvalue weighted by molar-refractivity contribution is 5.58. The quantitative estimate of drug-likeness (QED) is 0.683. The lowest BCUT2D eigenvalue weighted by atomic mass is 10.2. The zero-order valence-electron chi connectivity index (χ0n) is 13.0. The van der Waals surface area contributed by atoms with Gasteiger partial charge in [0.25, 0.3) is 0 Å². The summed E-state index contributed by atoms with van der Waals surface area (Å²) >= 11 is 0. The number of hydrogen-bond acceptors (Lipinski definition) is 2. The summed E-state index contributed by atoms with van der Waals surface area (Å²) in [5.41, 5.74) is 3.91. The van der Waals surface area contributed by atoms with Gasteiger partial charge in [-0.05, 0) is 18.1 Å². The van der Waals surface area contributed by atoms with Gasteiger partial charge in [0.2, 0.25) is 0 Å². The molecule has 2 aromatic carbocycles. The predicted molar refractivity (Wildman–Crippen MR) is 92.0 cm³/mol. The average molecular weight is 302 g/mol. The number of benzene rings is 2. The first kappa shape index (κ1) is 15.0. The van der Waals surface area contributed by atoms with E-state index in [0.29, 0.717) is 12.2 Å². The molecule has 1 heterocycles. The third kappa shape index (κ3) is 3.65. The van der Waals surface area contributed by atoms with Crippen LogP contribution in [0, 0.1) is 6.57 Å². The van der Waals surface area contributed by atoms with E-state index < -0.39 is 0 Å². The fourth-order valence-electron chi connectivity index (χ4n) is 2.42. The average Bonchev–Trinajstić information content (AvgIpc) is 3.11. The molecule has 2 N–H and O–H groups in total. The Morgan fingerprint density at radius 3 is 2.78 bits per heavy atom. The SMILES string of the molecule is [C-]#[N+]c1cccc(CN[C@@H](C)c2ncc(-c3ccccc3)[nH]2)c1. The van der Waals surface area contributed by atoms with Crippen LogP contribution in [0.15, 0.2) is 60.8 Å². The second kappa shape index (κ2) is 6.91. The number of aromatic nitrogens is 2. The number of nitrogens with zero attached hydrogens (tertiary/aromatic N) is 2. The van der Waals surface area contributed by atoms with Crippen molar-refractivity contribution in [3.63, 3.8) is 0 Å². The molecule has 0 unspecified atom stereocenters. The van der Waals surface area contributed by atoms with Gasteiger partial charge in [-0.3, -0.25) is 0 Å². The number of imidazole rings is 1. The van der Waals surface area contributed by atoms with Gasteiger partial charge >= 0.3 is 0 Å². The van der Waals surface area contributed by atoms with Gasteiger partial charge in [-0.15, -0.1) is 0 Å². The minimum Gasteiger partial charge on any atom is -0.341 e. The van der Waals surface area contributed by atoms with E-state index in [0.717, 1.165) is 22.6 Å². The first-order valence-corrected chi connectivity index (χ1v) is 7.56. The number of H-pyrrole nitrogens is 1. The van der Waals surface area contributed by atoms with E-state index in [1.54, 1.807) is 0 Å². The zero-order chi connectivity index (χ0) is 16.1. The standard InChI is InChI=1S/C19H18N4/c1-14(21-12-15-7-6-10-17(11-15)20-2)19-22-13-18(23-19)16-8-4-3-5-9-16/h3-11,13-14,21H,12H2,1H3,(H,22,23)/t14-/m0/s1. The third-order valence-electron chi connectivity index (χ3n) is 3.74. The van der Waals surface area contributed by atoms with Crippen molar-refractivity contribution in [2.75, 3.05) is 0 Å². The molecule has 3 aromatic rings. The first-order valence-electron chi connectivity index (χ1n) is 7.56. The Morgan fingerprint density at radius 1 is 1.17 bits per heavy atom. The summed E-state index contributed by atoms with van der Waals surface area (Å²) in [7, 11) is 0. The molecule has 0 bridgehead atoms. The van der Waals surface area contributed by atoms with E-state index in [1.807, 2.05) is 48.7 Å². The Kier molecular flexibility index (Phi) is 4.51. The minimum atomic E-state index is 0.101. The summed E-state index contributed by atoms with van der Waals surface area (Å²) in [6.45, 7) is 9.84. The molecular formula is C19H18N4. The monoisotopic (exact) mass is 302 g/mol. The molecule has 0 radical (unpaired) electrons. The Labute approximate surface area is 136 Å². The van der Waals surface area contributed by atoms with E-state index >= 15 is 0 Å². The van der Waals surface area contributed by atoms with E-state index in [1.165, 1.54) is 0 Å². The van der Waals surface area contributed by atoms with Crippen LogP contribution in [0.3, 0.4) is 0 Å². The summed E-state index contributed by atoms with van der Waals surface area (Å²) in [5, 5.41) is 3.43. The van der Waals surface area contributed by atoms with Crippen molar-refractivity contribution in [2.24, 2.45) is 0 Å². The highest BCUT2D eigenvalue weighted by atomic mass is 15.0. The van der Waals surface area contributed by atoms with Crippen molar-refractivity contribution in [1.82, 2.24) is 15.3 Å². The fourth-order valence-corrected chi connectivity index (χ4v) is 2.42. The molecule has 4 heteroatoms. The molecule has 0 aliphatic rings. The van der Waals surface area contributed by atoms with Crippen LogP contribution < -0.4 is 5.32 Å². The van der Waals surface area contributed by atoms with Crippen LogP contribution in [0.5, 0.6) is 0 Å². The molecule has 4 nitrogen and oxygen atoms in total. The van der Waals surface area contributed by atoms with E-state index in [9.17, 15) is 0 Å². The molecule has 0 aliphatic heterocycles. The molecule has 1 atom stereocenters. The lowest BCUT2D eigenvalue weighted by molar-refractivity contribution is 0.551. The highest BCUT2D eigenvalue weighted by Gasteiger charge is 2.10. The van der Waals surface area contributed by atoms with Gasteiger partial charge in [0.1, 0.15) is 5.82 Å². The molecule has 1 aromatic heterocycles. The van der Waals surface area contributed by atoms with Gasteiger partial charge in [-0.25, -0.2) is 9.83 Å². The smallest absolute Gasteiger partial charge is 0.187 e. The largest absolute Gasteiger partial charge is 0.341 e. The maximum absolute atomic E-state index is 7.07. The number of aromatic amines is 1. The lowest BCUT2D eigenvalue weighted by Gasteiger charge is -2.11. The molecule has 0 fully saturated rings. The molecule has 0 saturated heterocycles. The Morgan fingerprint density at radius 2 is 2.00 bits per heavy atom. The topological polar surface area (TPSA) is 45.1 Å². The Balaban J connectivity index is 1.66. The van der Waals surface area contributed by atoms with Crippen molar-refractivity contribution < 1.29 is 0 Å². The number of nitrogens with one attached hydrogen (secondary N) is 2. The van der Waals surface area contributed by atoms with E-state index in [4.69, 9.17) is 6.57 Å². The summed E-state index contributed by atoms with van der Waals surface area (Å²) in [6.07, 6.45) is 1.86. The van der Waals surface area contributed by atoms with Crippen molar-refractivity contribution in [2.45, 2.75) is 19.5 Å². The van der Waals surface area contributed by atoms with Gasteiger partial charge in [-0.1, -0.05) is 54.6 Å². The first-order chi connectivity index (χ1) is 11.3. The van der Waals surface area contributed by atoms with E-state index in [-0.39, 0.29) is 6.04 Å². The molecule has 0 aliphatic carbocycles. The zero-order valence-corrected chi connectivity index (χ0v) is 13.0.